The number of furan rings is 1. The van der Waals surface area contributed by atoms with Crippen molar-refractivity contribution >= 4 is 26.9 Å². The molecule has 126 valence electrons. The second-order valence-electron chi connectivity index (χ2n) is 6.00. The Labute approximate surface area is 150 Å². The summed E-state index contributed by atoms with van der Waals surface area (Å²) in [6.07, 6.45) is 2.51. The summed E-state index contributed by atoms with van der Waals surface area (Å²) < 4.78 is 12.2. The molecular weight excluding hydrogens is 368 g/mol. The van der Waals surface area contributed by atoms with Crippen molar-refractivity contribution < 1.29 is 14.3 Å². The van der Waals surface area contributed by atoms with Gasteiger partial charge in [0.15, 0.2) is 5.58 Å². The fraction of sp³-hybridized carbons (Fsp3) is 0.300. The standard InChI is InChI=1S/C20H21BrO3/c1-4-5-14-11-16(21)20-18(19(14)22)12(2)17(24-20)10-13-6-8-15(23-3)9-7-13/h6-9,11,22H,4-5,10H2,1-3H3. The molecule has 0 spiro atoms. The van der Waals surface area contributed by atoms with Gasteiger partial charge < -0.3 is 14.3 Å². The number of fused-ring (bicyclic) bond motifs is 1. The summed E-state index contributed by atoms with van der Waals surface area (Å²) in [7, 11) is 1.66. The molecule has 4 heteroatoms. The molecule has 0 amide bonds. The molecule has 0 fully saturated rings. The lowest BCUT2D eigenvalue weighted by Crippen LogP contribution is -1.89. The van der Waals surface area contributed by atoms with E-state index >= 15 is 0 Å². The summed E-state index contributed by atoms with van der Waals surface area (Å²) in [6.45, 7) is 4.11. The van der Waals surface area contributed by atoms with Crippen LogP contribution in [0, 0.1) is 6.92 Å². The summed E-state index contributed by atoms with van der Waals surface area (Å²) in [5.74, 6) is 2.06. The van der Waals surface area contributed by atoms with Crippen molar-refractivity contribution in [3.8, 4) is 11.5 Å². The van der Waals surface area contributed by atoms with E-state index in [9.17, 15) is 5.11 Å². The van der Waals surface area contributed by atoms with Gasteiger partial charge in [-0.25, -0.2) is 0 Å². The minimum absolute atomic E-state index is 0.345. The van der Waals surface area contributed by atoms with Crippen molar-refractivity contribution in [1.82, 2.24) is 0 Å². The summed E-state index contributed by atoms with van der Waals surface area (Å²) in [5, 5.41) is 11.5. The molecule has 1 aromatic heterocycles. The lowest BCUT2D eigenvalue weighted by Gasteiger charge is -2.06. The first-order valence-corrected chi connectivity index (χ1v) is 8.89. The average molecular weight is 389 g/mol. The molecule has 0 radical (unpaired) electrons. The summed E-state index contributed by atoms with van der Waals surface area (Å²) >= 11 is 3.58. The molecule has 2 aromatic carbocycles. The Morgan fingerprint density at radius 2 is 1.92 bits per heavy atom. The highest BCUT2D eigenvalue weighted by Crippen LogP contribution is 2.40. The zero-order valence-corrected chi connectivity index (χ0v) is 15.7. The third-order valence-electron chi connectivity index (χ3n) is 4.35. The van der Waals surface area contributed by atoms with Crippen LogP contribution in [0.2, 0.25) is 0 Å². The van der Waals surface area contributed by atoms with E-state index in [1.54, 1.807) is 7.11 Å². The smallest absolute Gasteiger partial charge is 0.152 e. The monoisotopic (exact) mass is 388 g/mol. The summed E-state index contributed by atoms with van der Waals surface area (Å²) in [4.78, 5) is 0. The van der Waals surface area contributed by atoms with Crippen LogP contribution < -0.4 is 4.74 Å². The SMILES string of the molecule is CCCc1cc(Br)c2oc(Cc3ccc(OC)cc3)c(C)c2c1O. The molecule has 0 bridgehead atoms. The van der Waals surface area contributed by atoms with Gasteiger partial charge in [0.2, 0.25) is 0 Å². The molecule has 0 aliphatic rings. The highest BCUT2D eigenvalue weighted by atomic mass is 79.9. The van der Waals surface area contributed by atoms with Crippen molar-refractivity contribution in [2.75, 3.05) is 7.11 Å². The van der Waals surface area contributed by atoms with Gasteiger partial charge >= 0.3 is 0 Å². The Balaban J connectivity index is 2.04. The van der Waals surface area contributed by atoms with E-state index < -0.39 is 0 Å². The topological polar surface area (TPSA) is 42.6 Å². The second kappa shape index (κ2) is 6.89. The second-order valence-corrected chi connectivity index (χ2v) is 6.85. The maximum Gasteiger partial charge on any atom is 0.152 e. The van der Waals surface area contributed by atoms with Crippen LogP contribution in [0.4, 0.5) is 0 Å². The van der Waals surface area contributed by atoms with Crippen LogP contribution in [0.5, 0.6) is 11.5 Å². The van der Waals surface area contributed by atoms with Crippen molar-refractivity contribution in [2.24, 2.45) is 0 Å². The van der Waals surface area contributed by atoms with Crippen LogP contribution in [0.3, 0.4) is 0 Å². The zero-order valence-electron chi connectivity index (χ0n) is 14.1. The van der Waals surface area contributed by atoms with Gasteiger partial charge in [-0.05, 0) is 58.6 Å². The maximum absolute atomic E-state index is 10.6. The number of hydrogen-bond acceptors (Lipinski definition) is 3. The van der Waals surface area contributed by atoms with Gasteiger partial charge in [-0.2, -0.15) is 0 Å². The predicted octanol–water partition coefficient (Wildman–Crippen LogP) is 5.76. The maximum atomic E-state index is 10.6. The van der Waals surface area contributed by atoms with E-state index in [0.29, 0.717) is 17.8 Å². The van der Waals surface area contributed by atoms with E-state index in [4.69, 9.17) is 9.15 Å². The number of rotatable bonds is 5. The molecule has 24 heavy (non-hydrogen) atoms. The minimum Gasteiger partial charge on any atom is -0.507 e. The number of aryl methyl sites for hydroxylation is 2. The molecule has 0 atom stereocenters. The highest BCUT2D eigenvalue weighted by molar-refractivity contribution is 9.10. The third kappa shape index (κ3) is 3.03. The van der Waals surface area contributed by atoms with Crippen LogP contribution in [0.15, 0.2) is 39.2 Å². The van der Waals surface area contributed by atoms with Crippen LogP contribution in [-0.2, 0) is 12.8 Å². The van der Waals surface area contributed by atoms with Crippen molar-refractivity contribution in [3.05, 3.63) is 57.3 Å². The largest absolute Gasteiger partial charge is 0.507 e. The van der Waals surface area contributed by atoms with Crippen LogP contribution in [0.25, 0.3) is 11.0 Å². The van der Waals surface area contributed by atoms with Gasteiger partial charge in [0.1, 0.15) is 17.3 Å². The predicted molar refractivity (Wildman–Crippen MR) is 100 cm³/mol. The molecule has 3 aromatic rings. The van der Waals surface area contributed by atoms with Gasteiger partial charge in [-0.15, -0.1) is 0 Å². The van der Waals surface area contributed by atoms with Gasteiger partial charge in [-0.3, -0.25) is 0 Å². The minimum atomic E-state index is 0.345. The third-order valence-corrected chi connectivity index (χ3v) is 4.94. The number of phenols is 1. The van der Waals surface area contributed by atoms with Crippen LogP contribution in [0.1, 0.15) is 35.8 Å². The van der Waals surface area contributed by atoms with E-state index in [1.165, 1.54) is 0 Å². The van der Waals surface area contributed by atoms with E-state index in [2.05, 4.69) is 22.9 Å². The lowest BCUT2D eigenvalue weighted by atomic mass is 10.0. The normalized spacial score (nSPS) is 11.2. The average Bonchev–Trinajstić information content (AvgIpc) is 2.91. The number of halogens is 1. The fourth-order valence-electron chi connectivity index (χ4n) is 3.02. The fourth-order valence-corrected chi connectivity index (χ4v) is 3.57. The zero-order chi connectivity index (χ0) is 17.3. The Morgan fingerprint density at radius 3 is 2.54 bits per heavy atom. The number of benzene rings is 2. The molecule has 0 aliphatic carbocycles. The molecule has 3 rings (SSSR count). The molecule has 0 unspecified atom stereocenters. The molecule has 3 nitrogen and oxygen atoms in total. The first-order valence-electron chi connectivity index (χ1n) is 8.10. The van der Waals surface area contributed by atoms with Gasteiger partial charge in [0.25, 0.3) is 0 Å². The van der Waals surface area contributed by atoms with Gasteiger partial charge in [0.05, 0.1) is 17.0 Å². The Hall–Kier alpha value is -1.94. The summed E-state index contributed by atoms with van der Waals surface area (Å²) in [5.41, 5.74) is 3.81. The van der Waals surface area contributed by atoms with Gasteiger partial charge in [-0.1, -0.05) is 25.5 Å². The molecular formula is C20H21BrO3. The molecule has 1 N–H and O–H groups in total. The Bertz CT molecular complexity index is 863. The first kappa shape index (κ1) is 16.9. The lowest BCUT2D eigenvalue weighted by molar-refractivity contribution is 0.414. The first-order chi connectivity index (χ1) is 11.5. The number of ether oxygens (including phenoxy) is 1. The van der Waals surface area contributed by atoms with Crippen molar-refractivity contribution in [1.29, 1.82) is 0 Å². The Kier molecular flexibility index (Phi) is 4.86. The number of methoxy groups -OCH3 is 1. The number of aromatic hydroxyl groups is 1. The van der Waals surface area contributed by atoms with Crippen molar-refractivity contribution in [2.45, 2.75) is 33.1 Å². The molecule has 0 saturated heterocycles. The van der Waals surface area contributed by atoms with Crippen LogP contribution in [-0.4, -0.2) is 12.2 Å². The van der Waals surface area contributed by atoms with Gasteiger partial charge in [0, 0.05) is 12.0 Å². The van der Waals surface area contributed by atoms with E-state index in [1.807, 2.05) is 37.3 Å². The van der Waals surface area contributed by atoms with Crippen LogP contribution >= 0.6 is 15.9 Å². The quantitative estimate of drug-likeness (QED) is 0.603. The number of hydrogen-bond donors (Lipinski definition) is 1. The summed E-state index contributed by atoms with van der Waals surface area (Å²) in [6, 6.07) is 9.91. The molecule has 0 saturated carbocycles. The molecule has 0 aliphatic heterocycles. The van der Waals surface area contributed by atoms with E-state index in [0.717, 1.165) is 50.9 Å². The molecule has 1 heterocycles. The van der Waals surface area contributed by atoms with Crippen molar-refractivity contribution in [3.63, 3.8) is 0 Å². The number of phenolic OH excluding ortho intramolecular Hbond substituents is 1. The highest BCUT2D eigenvalue weighted by Gasteiger charge is 2.19. The van der Waals surface area contributed by atoms with E-state index in [-0.39, 0.29) is 0 Å². The Morgan fingerprint density at radius 1 is 1.21 bits per heavy atom.